The summed E-state index contributed by atoms with van der Waals surface area (Å²) < 4.78 is 270. The second-order valence-corrected chi connectivity index (χ2v) is 7.31. The minimum Gasteiger partial charge on any atom is -0.310 e. The maximum absolute atomic E-state index is 14.0. The molecule has 2 aliphatic heterocycles. The molecule has 2 rings (SSSR count). The summed E-state index contributed by atoms with van der Waals surface area (Å²) in [4.78, 5) is 0. The monoisotopic (exact) mass is 604 g/mol. The molecular formula is C11H2F18O6S. The van der Waals surface area contributed by atoms with E-state index in [9.17, 15) is 79.0 Å². The van der Waals surface area contributed by atoms with Gasteiger partial charge >= 0.3 is 69.8 Å². The van der Waals surface area contributed by atoms with E-state index in [4.69, 9.17) is 17.5 Å². The number of ether oxygens (including phenoxy) is 2. The quantitative estimate of drug-likeness (QED) is 0.253. The van der Waals surface area contributed by atoms with E-state index in [2.05, 4.69) is 9.47 Å². The smallest absolute Gasteiger partial charge is 0.310 e. The second kappa shape index (κ2) is 7.89. The standard InChI is InChI=1S/C11F18O2.H2O4S/c12-1(2(13)14)3(15)4(30-3,10(24,25)26)5(16,17)8(22)9(23,31-8)6(18,19)7(20,21)11(27,28)29;1-5(2,3)4/h;(H2,1,2,3,4). The van der Waals surface area contributed by atoms with Gasteiger partial charge in [-0.05, 0) is 0 Å². The molecule has 0 saturated carbocycles. The number of hydrogen-bond donors (Lipinski definition) is 2. The highest BCUT2D eigenvalue weighted by molar-refractivity contribution is 7.79. The summed E-state index contributed by atoms with van der Waals surface area (Å²) in [5.74, 6) is -47.2. The summed E-state index contributed by atoms with van der Waals surface area (Å²) in [5, 5.41) is 0. The molecule has 4 atom stereocenters. The Morgan fingerprint density at radius 1 is 0.694 bits per heavy atom. The molecule has 214 valence electrons. The van der Waals surface area contributed by atoms with Crippen molar-refractivity contribution in [3.05, 3.63) is 11.9 Å². The van der Waals surface area contributed by atoms with Crippen LogP contribution in [0.1, 0.15) is 0 Å². The molecule has 0 spiro atoms. The molecular weight excluding hydrogens is 602 g/mol. The highest BCUT2D eigenvalue weighted by atomic mass is 32.3. The van der Waals surface area contributed by atoms with Crippen LogP contribution in [0.15, 0.2) is 11.9 Å². The molecule has 0 aromatic carbocycles. The molecule has 0 aliphatic carbocycles. The Morgan fingerprint density at radius 2 is 1.06 bits per heavy atom. The van der Waals surface area contributed by atoms with Crippen molar-refractivity contribution in [1.29, 1.82) is 0 Å². The van der Waals surface area contributed by atoms with Crippen molar-refractivity contribution in [2.24, 2.45) is 0 Å². The van der Waals surface area contributed by atoms with E-state index in [0.29, 0.717) is 0 Å². The van der Waals surface area contributed by atoms with E-state index in [-0.39, 0.29) is 0 Å². The summed E-state index contributed by atoms with van der Waals surface area (Å²) in [6.45, 7) is 0. The van der Waals surface area contributed by atoms with Crippen LogP contribution in [0.2, 0.25) is 0 Å². The fourth-order valence-corrected chi connectivity index (χ4v) is 2.50. The van der Waals surface area contributed by atoms with E-state index in [0.717, 1.165) is 0 Å². The van der Waals surface area contributed by atoms with Crippen molar-refractivity contribution in [2.45, 2.75) is 53.3 Å². The van der Waals surface area contributed by atoms with Gasteiger partial charge in [0.25, 0.3) is 0 Å². The van der Waals surface area contributed by atoms with Crippen LogP contribution < -0.4 is 0 Å². The van der Waals surface area contributed by atoms with Crippen LogP contribution in [0, 0.1) is 0 Å². The average molecular weight is 604 g/mol. The Morgan fingerprint density at radius 3 is 1.33 bits per heavy atom. The molecule has 0 bridgehead atoms. The van der Waals surface area contributed by atoms with Gasteiger partial charge < -0.3 is 4.74 Å². The predicted molar refractivity (Wildman–Crippen MR) is 67.9 cm³/mol. The van der Waals surface area contributed by atoms with Gasteiger partial charge in [-0.2, -0.15) is 87.4 Å². The molecule has 0 radical (unpaired) electrons. The SMILES string of the molecule is FC(F)=C(F)C1(F)OC1(C(F)(F)F)C(F)(F)C1(F)OC1(F)C(F)(F)C(F)(F)C(F)(F)F.O=S(=O)(O)O. The molecule has 0 aromatic heterocycles. The van der Waals surface area contributed by atoms with E-state index >= 15 is 0 Å². The highest BCUT2D eigenvalue weighted by Crippen LogP contribution is 2.78. The van der Waals surface area contributed by atoms with Crippen molar-refractivity contribution in [2.75, 3.05) is 0 Å². The van der Waals surface area contributed by atoms with Crippen molar-refractivity contribution in [3.63, 3.8) is 0 Å². The maximum Gasteiger partial charge on any atom is 0.460 e. The zero-order valence-electron chi connectivity index (χ0n) is 15.2. The van der Waals surface area contributed by atoms with Gasteiger partial charge in [0.1, 0.15) is 0 Å². The van der Waals surface area contributed by atoms with Crippen LogP contribution in [-0.2, 0) is 19.9 Å². The molecule has 2 heterocycles. The van der Waals surface area contributed by atoms with Crippen molar-refractivity contribution < 1.29 is 106 Å². The number of hydrogen-bond acceptors (Lipinski definition) is 4. The minimum absolute atomic E-state index is 2.17. The first-order chi connectivity index (χ1) is 15.3. The third-order valence-electron chi connectivity index (χ3n) is 4.21. The van der Waals surface area contributed by atoms with Gasteiger partial charge in [-0.15, -0.1) is 0 Å². The van der Waals surface area contributed by atoms with E-state index in [1.54, 1.807) is 0 Å². The molecule has 36 heavy (non-hydrogen) atoms. The zero-order valence-corrected chi connectivity index (χ0v) is 16.1. The molecule has 6 nitrogen and oxygen atoms in total. The molecule has 2 aliphatic rings. The highest BCUT2D eigenvalue weighted by Gasteiger charge is 3.10. The average Bonchev–Trinajstić information content (AvgIpc) is 3.44. The summed E-state index contributed by atoms with van der Waals surface area (Å²) in [6, 6.07) is 0. The Kier molecular flexibility index (Phi) is 7.08. The maximum atomic E-state index is 14.0. The van der Waals surface area contributed by atoms with E-state index in [1.807, 2.05) is 0 Å². The topological polar surface area (TPSA) is 99.7 Å². The van der Waals surface area contributed by atoms with Crippen molar-refractivity contribution in [3.8, 4) is 0 Å². The first-order valence-corrected chi connectivity index (χ1v) is 8.81. The van der Waals surface area contributed by atoms with Gasteiger partial charge in [-0.1, -0.05) is 0 Å². The largest absolute Gasteiger partial charge is 0.460 e. The first-order valence-electron chi connectivity index (χ1n) is 7.42. The van der Waals surface area contributed by atoms with Crippen LogP contribution >= 0.6 is 0 Å². The van der Waals surface area contributed by atoms with Gasteiger partial charge in [-0.25, -0.2) is 0 Å². The Hall–Kier alpha value is -1.73. The second-order valence-electron chi connectivity index (χ2n) is 6.41. The molecule has 25 heteroatoms. The fraction of sp³-hybridized carbons (Fsp3) is 0.818. The lowest BCUT2D eigenvalue weighted by Gasteiger charge is -2.32. The zero-order chi connectivity index (χ0) is 29.6. The molecule has 2 N–H and O–H groups in total. The van der Waals surface area contributed by atoms with Crippen LogP contribution in [0.3, 0.4) is 0 Å². The lowest BCUT2D eigenvalue weighted by atomic mass is 9.86. The molecule has 0 amide bonds. The van der Waals surface area contributed by atoms with Crippen LogP contribution in [0.25, 0.3) is 0 Å². The van der Waals surface area contributed by atoms with Crippen LogP contribution in [0.4, 0.5) is 79.0 Å². The Balaban J connectivity index is 0.00000118. The molecule has 2 fully saturated rings. The molecule has 4 unspecified atom stereocenters. The Bertz CT molecular complexity index is 1020. The summed E-state index contributed by atoms with van der Waals surface area (Å²) in [7, 11) is -4.67. The number of epoxide rings is 2. The van der Waals surface area contributed by atoms with Gasteiger partial charge in [-0.3, -0.25) is 13.8 Å². The molecule has 2 saturated heterocycles. The first kappa shape index (κ1) is 32.3. The number of rotatable bonds is 5. The normalized spacial score (nSPS) is 33.4. The summed E-state index contributed by atoms with van der Waals surface area (Å²) in [6.07, 6.45) is -19.0. The van der Waals surface area contributed by atoms with Gasteiger partial charge in [0, 0.05) is 0 Å². The lowest BCUT2D eigenvalue weighted by Crippen LogP contribution is -2.65. The van der Waals surface area contributed by atoms with Crippen LogP contribution in [-0.4, -0.2) is 70.8 Å². The van der Waals surface area contributed by atoms with Gasteiger partial charge in [0.15, 0.2) is 0 Å². The predicted octanol–water partition coefficient (Wildman–Crippen LogP) is 5.24. The van der Waals surface area contributed by atoms with E-state index in [1.165, 1.54) is 0 Å². The minimum atomic E-state index is -7.78. The Labute approximate surface area is 183 Å². The van der Waals surface area contributed by atoms with Gasteiger partial charge in [0.05, 0.1) is 0 Å². The third-order valence-corrected chi connectivity index (χ3v) is 4.21. The van der Waals surface area contributed by atoms with Crippen LogP contribution in [0.5, 0.6) is 0 Å². The fourth-order valence-electron chi connectivity index (χ4n) is 2.50. The summed E-state index contributed by atoms with van der Waals surface area (Å²) in [5.41, 5.74) is -6.65. The van der Waals surface area contributed by atoms with Crippen molar-refractivity contribution in [1.82, 2.24) is 0 Å². The third kappa shape index (κ3) is 4.05. The molecule has 0 aromatic rings. The summed E-state index contributed by atoms with van der Waals surface area (Å²) >= 11 is 0. The number of halogens is 18. The lowest BCUT2D eigenvalue weighted by molar-refractivity contribution is -0.381. The van der Waals surface area contributed by atoms with Gasteiger partial charge in [0.2, 0.25) is 5.83 Å². The number of alkyl halides is 15. The van der Waals surface area contributed by atoms with E-state index < -0.39 is 75.6 Å². The van der Waals surface area contributed by atoms with Crippen molar-refractivity contribution >= 4 is 10.4 Å².